The molecule has 0 aromatic carbocycles. The maximum atomic E-state index is 10.3. The molecule has 0 aromatic heterocycles. The molecule has 0 bridgehead atoms. The van der Waals surface area contributed by atoms with Gasteiger partial charge in [-0.05, 0) is 4.91 Å². The second-order valence-corrected chi connectivity index (χ2v) is 3.06. The van der Waals surface area contributed by atoms with E-state index in [1.54, 1.807) is 0 Å². The summed E-state index contributed by atoms with van der Waals surface area (Å²) in [7, 11) is 0. The Kier molecular flexibility index (Phi) is 3.79. The van der Waals surface area contributed by atoms with Gasteiger partial charge in [-0.2, -0.15) is 0 Å². The fourth-order valence-corrected chi connectivity index (χ4v) is 1.01. The minimum Gasteiger partial charge on any atom is -0.481 e. The molecule has 1 N–H and O–H groups in total. The van der Waals surface area contributed by atoms with Crippen molar-refractivity contribution in [2.24, 2.45) is 0 Å². The third-order valence-electron chi connectivity index (χ3n) is 0.636. The summed E-state index contributed by atoms with van der Waals surface area (Å²) in [6, 6.07) is 0. The zero-order valence-corrected chi connectivity index (χ0v) is 6.40. The molecular formula is C6H8O3S. The number of carboxylic acids is 1. The van der Waals surface area contributed by atoms with Crippen LogP contribution >= 0.6 is 11.8 Å². The van der Waals surface area contributed by atoms with Gasteiger partial charge in [-0.1, -0.05) is 18.3 Å². The molecule has 0 amide bonds. The third kappa shape index (κ3) is 5.37. The molecule has 10 heavy (non-hydrogen) atoms. The van der Waals surface area contributed by atoms with Gasteiger partial charge in [0.1, 0.15) is 0 Å². The van der Waals surface area contributed by atoms with E-state index in [0.717, 1.165) is 11.8 Å². The van der Waals surface area contributed by atoms with E-state index in [4.69, 9.17) is 5.11 Å². The molecule has 0 aliphatic heterocycles. The lowest BCUT2D eigenvalue weighted by molar-refractivity contribution is -0.136. The summed E-state index contributed by atoms with van der Waals surface area (Å²) in [5.74, 6) is -0.959. The van der Waals surface area contributed by atoms with Crippen molar-refractivity contribution in [2.45, 2.75) is 13.3 Å². The maximum Gasteiger partial charge on any atom is 0.308 e. The fourth-order valence-electron chi connectivity index (χ4n) is 0.408. The van der Waals surface area contributed by atoms with Crippen LogP contribution in [0, 0.1) is 0 Å². The van der Waals surface area contributed by atoms with Crippen molar-refractivity contribution >= 4 is 22.8 Å². The van der Waals surface area contributed by atoms with Crippen LogP contribution in [0.3, 0.4) is 0 Å². The zero-order chi connectivity index (χ0) is 8.15. The molecule has 3 nitrogen and oxygen atoms in total. The summed E-state index contributed by atoms with van der Waals surface area (Å²) in [6.07, 6.45) is -0.149. The van der Waals surface area contributed by atoms with Crippen LogP contribution in [0.5, 0.6) is 0 Å². The van der Waals surface area contributed by atoms with Gasteiger partial charge in [-0.25, -0.2) is 0 Å². The van der Waals surface area contributed by atoms with Crippen LogP contribution in [0.15, 0.2) is 11.5 Å². The third-order valence-corrected chi connectivity index (χ3v) is 1.36. The molecule has 0 fully saturated rings. The van der Waals surface area contributed by atoms with Crippen molar-refractivity contribution in [2.75, 3.05) is 0 Å². The van der Waals surface area contributed by atoms with Crippen LogP contribution in [0.1, 0.15) is 13.3 Å². The number of carbonyl (C=O) groups excluding carboxylic acids is 1. The van der Waals surface area contributed by atoms with Crippen molar-refractivity contribution in [1.29, 1.82) is 0 Å². The Labute approximate surface area is 63.1 Å². The normalized spacial score (nSPS) is 8.90. The highest BCUT2D eigenvalue weighted by molar-refractivity contribution is 8.16. The molecule has 56 valence electrons. The minimum atomic E-state index is -0.959. The molecule has 0 atom stereocenters. The average Bonchev–Trinajstić information content (AvgIpc) is 1.58. The Hall–Kier alpha value is -0.770. The SMILES string of the molecule is C=C(CC(=O)O)SC(C)=O. The summed E-state index contributed by atoms with van der Waals surface area (Å²) in [5, 5.41) is 8.08. The minimum absolute atomic E-state index is 0.133. The van der Waals surface area contributed by atoms with Crippen LogP contribution in [0.25, 0.3) is 0 Å². The van der Waals surface area contributed by atoms with Gasteiger partial charge in [0.05, 0.1) is 6.42 Å². The van der Waals surface area contributed by atoms with Gasteiger partial charge in [0, 0.05) is 6.92 Å². The van der Waals surface area contributed by atoms with Crippen molar-refractivity contribution in [3.8, 4) is 0 Å². The monoisotopic (exact) mass is 160 g/mol. The van der Waals surface area contributed by atoms with Crippen molar-refractivity contribution < 1.29 is 14.7 Å². The van der Waals surface area contributed by atoms with E-state index < -0.39 is 5.97 Å². The molecule has 4 heteroatoms. The van der Waals surface area contributed by atoms with Crippen LogP contribution in [0.2, 0.25) is 0 Å². The predicted octanol–water partition coefficient (Wildman–Crippen LogP) is 1.25. The largest absolute Gasteiger partial charge is 0.481 e. The Morgan fingerprint density at radius 1 is 1.60 bits per heavy atom. The van der Waals surface area contributed by atoms with Gasteiger partial charge >= 0.3 is 5.97 Å². The number of hydrogen-bond donors (Lipinski definition) is 1. The van der Waals surface area contributed by atoms with Gasteiger partial charge in [0.15, 0.2) is 5.12 Å². The Morgan fingerprint density at radius 3 is 2.40 bits per heavy atom. The second kappa shape index (κ2) is 4.11. The highest BCUT2D eigenvalue weighted by Gasteiger charge is 2.03. The highest BCUT2D eigenvalue weighted by Crippen LogP contribution is 2.16. The van der Waals surface area contributed by atoms with Gasteiger partial charge in [-0.3, -0.25) is 9.59 Å². The topological polar surface area (TPSA) is 54.4 Å². The number of aliphatic carboxylic acids is 1. The molecule has 0 saturated heterocycles. The number of hydrogen-bond acceptors (Lipinski definition) is 3. The van der Waals surface area contributed by atoms with Crippen molar-refractivity contribution in [3.05, 3.63) is 11.5 Å². The van der Waals surface area contributed by atoms with Crippen LogP contribution in [0.4, 0.5) is 0 Å². The first-order valence-corrected chi connectivity index (χ1v) is 3.42. The van der Waals surface area contributed by atoms with Gasteiger partial charge in [-0.15, -0.1) is 0 Å². The standard InChI is InChI=1S/C6H8O3S/c1-4(3-6(8)9)10-5(2)7/h1,3H2,2H3,(H,8,9). The van der Waals surface area contributed by atoms with E-state index in [2.05, 4.69) is 6.58 Å². The van der Waals surface area contributed by atoms with Crippen molar-refractivity contribution in [1.82, 2.24) is 0 Å². The summed E-state index contributed by atoms with van der Waals surface area (Å²) >= 11 is 0.869. The molecule has 0 spiro atoms. The lowest BCUT2D eigenvalue weighted by atomic mass is 10.4. The average molecular weight is 160 g/mol. The van der Waals surface area contributed by atoms with E-state index in [0.29, 0.717) is 4.91 Å². The van der Waals surface area contributed by atoms with E-state index >= 15 is 0 Å². The molecule has 0 aliphatic carbocycles. The van der Waals surface area contributed by atoms with E-state index in [9.17, 15) is 9.59 Å². The van der Waals surface area contributed by atoms with Gasteiger partial charge in [0.2, 0.25) is 0 Å². The Bertz CT molecular complexity index is 156. The number of carboxylic acid groups (broad SMARTS) is 1. The zero-order valence-electron chi connectivity index (χ0n) is 5.59. The van der Waals surface area contributed by atoms with Gasteiger partial charge < -0.3 is 5.11 Å². The molecule has 0 aromatic rings. The van der Waals surface area contributed by atoms with Crippen LogP contribution in [-0.2, 0) is 9.59 Å². The maximum absolute atomic E-state index is 10.3. The van der Waals surface area contributed by atoms with Crippen LogP contribution < -0.4 is 0 Å². The first kappa shape index (κ1) is 9.23. The first-order valence-electron chi connectivity index (χ1n) is 2.60. The van der Waals surface area contributed by atoms with E-state index in [-0.39, 0.29) is 11.5 Å². The Morgan fingerprint density at radius 2 is 2.10 bits per heavy atom. The molecule has 0 radical (unpaired) electrons. The molecule has 0 rings (SSSR count). The quantitative estimate of drug-likeness (QED) is 0.675. The molecular weight excluding hydrogens is 152 g/mol. The second-order valence-electron chi connectivity index (χ2n) is 1.70. The van der Waals surface area contributed by atoms with E-state index in [1.165, 1.54) is 6.92 Å². The Balaban J connectivity index is 3.65. The molecule has 0 unspecified atom stereocenters. The smallest absolute Gasteiger partial charge is 0.308 e. The summed E-state index contributed by atoms with van der Waals surface area (Å²) < 4.78 is 0. The first-order chi connectivity index (χ1) is 4.52. The fraction of sp³-hybridized carbons (Fsp3) is 0.333. The summed E-state index contributed by atoms with van der Waals surface area (Å²) in [5.41, 5.74) is 0. The summed E-state index contributed by atoms with van der Waals surface area (Å²) in [6.45, 7) is 4.77. The van der Waals surface area contributed by atoms with Crippen LogP contribution in [-0.4, -0.2) is 16.2 Å². The number of carbonyl (C=O) groups is 2. The molecule has 0 saturated carbocycles. The predicted molar refractivity (Wildman–Crippen MR) is 39.7 cm³/mol. The lowest BCUT2D eigenvalue weighted by Crippen LogP contribution is -1.95. The van der Waals surface area contributed by atoms with Gasteiger partial charge in [0.25, 0.3) is 0 Å². The summed E-state index contributed by atoms with van der Waals surface area (Å²) in [4.78, 5) is 20.7. The molecule has 0 aliphatic rings. The highest BCUT2D eigenvalue weighted by atomic mass is 32.2. The molecule has 0 heterocycles. The van der Waals surface area contributed by atoms with Crippen molar-refractivity contribution in [3.63, 3.8) is 0 Å². The number of rotatable bonds is 3. The number of thioether (sulfide) groups is 1. The van der Waals surface area contributed by atoms with E-state index in [1.807, 2.05) is 0 Å². The lowest BCUT2D eigenvalue weighted by Gasteiger charge is -1.95.